The van der Waals surface area contributed by atoms with Crippen LogP contribution in [0.2, 0.25) is 0 Å². The molecule has 0 amide bonds. The molecule has 0 heterocycles. The molecular formula is C10H11ClO4S. The number of ether oxygens (including phenoxy) is 2. The van der Waals surface area contributed by atoms with E-state index in [4.69, 9.17) is 20.2 Å². The Morgan fingerprint density at radius 3 is 2.50 bits per heavy atom. The summed E-state index contributed by atoms with van der Waals surface area (Å²) in [5.74, 6) is 0.933. The Balaban J connectivity index is 2.33. The molecule has 6 heteroatoms. The number of benzene rings is 1. The van der Waals surface area contributed by atoms with Crippen molar-refractivity contribution in [2.24, 2.45) is 0 Å². The third-order valence-electron chi connectivity index (χ3n) is 2.23. The first-order valence-corrected chi connectivity index (χ1v) is 7.11. The van der Waals surface area contributed by atoms with Gasteiger partial charge >= 0.3 is 0 Å². The van der Waals surface area contributed by atoms with Crippen molar-refractivity contribution in [3.8, 4) is 11.5 Å². The van der Waals surface area contributed by atoms with Crippen molar-refractivity contribution in [3.05, 3.63) is 18.2 Å². The number of hydrogen-bond acceptors (Lipinski definition) is 4. The molecule has 16 heavy (non-hydrogen) atoms. The van der Waals surface area contributed by atoms with Crippen LogP contribution in [-0.4, -0.2) is 21.6 Å². The molecule has 88 valence electrons. The van der Waals surface area contributed by atoms with Gasteiger partial charge in [0.1, 0.15) is 0 Å². The van der Waals surface area contributed by atoms with Gasteiger partial charge in [0.15, 0.2) is 11.5 Å². The fourth-order valence-electron chi connectivity index (χ4n) is 1.26. The summed E-state index contributed by atoms with van der Waals surface area (Å²) in [5, 5.41) is 0. The van der Waals surface area contributed by atoms with Gasteiger partial charge in [-0.25, -0.2) is 8.42 Å². The van der Waals surface area contributed by atoms with Crippen LogP contribution < -0.4 is 9.47 Å². The second-order valence-corrected chi connectivity index (χ2v) is 6.13. The van der Waals surface area contributed by atoms with E-state index in [2.05, 4.69) is 0 Å². The molecule has 1 saturated carbocycles. The molecule has 0 spiro atoms. The van der Waals surface area contributed by atoms with Crippen LogP contribution in [0.15, 0.2) is 23.1 Å². The van der Waals surface area contributed by atoms with Gasteiger partial charge in [-0.2, -0.15) is 0 Å². The van der Waals surface area contributed by atoms with Crippen molar-refractivity contribution < 1.29 is 17.9 Å². The summed E-state index contributed by atoms with van der Waals surface area (Å²) in [7, 11) is 2.96. The van der Waals surface area contributed by atoms with Crippen LogP contribution in [0.1, 0.15) is 12.8 Å². The molecule has 0 atom stereocenters. The highest BCUT2D eigenvalue weighted by molar-refractivity contribution is 8.13. The Bertz CT molecular complexity index is 494. The topological polar surface area (TPSA) is 52.6 Å². The lowest BCUT2D eigenvalue weighted by Crippen LogP contribution is -2.00. The fraction of sp³-hybridized carbons (Fsp3) is 0.400. The molecule has 1 aromatic carbocycles. The third kappa shape index (κ3) is 2.59. The SMILES string of the molecule is COc1cc(S(=O)(=O)Cl)ccc1OC1CC1. The molecule has 1 aliphatic carbocycles. The number of methoxy groups -OCH3 is 1. The van der Waals surface area contributed by atoms with Gasteiger partial charge in [-0.15, -0.1) is 0 Å². The van der Waals surface area contributed by atoms with Crippen LogP contribution in [0.3, 0.4) is 0 Å². The van der Waals surface area contributed by atoms with E-state index in [1.165, 1.54) is 19.2 Å². The maximum absolute atomic E-state index is 11.1. The molecular weight excluding hydrogens is 252 g/mol. The van der Waals surface area contributed by atoms with Gasteiger partial charge in [0.2, 0.25) is 0 Å². The van der Waals surface area contributed by atoms with E-state index in [1.807, 2.05) is 0 Å². The van der Waals surface area contributed by atoms with Crippen LogP contribution >= 0.6 is 10.7 Å². The first kappa shape index (κ1) is 11.5. The summed E-state index contributed by atoms with van der Waals surface area (Å²) in [6.45, 7) is 0. The lowest BCUT2D eigenvalue weighted by atomic mass is 10.3. The highest BCUT2D eigenvalue weighted by Gasteiger charge is 2.25. The second-order valence-electron chi connectivity index (χ2n) is 3.57. The van der Waals surface area contributed by atoms with Crippen molar-refractivity contribution >= 4 is 19.7 Å². The molecule has 0 aliphatic heterocycles. The van der Waals surface area contributed by atoms with Crippen LogP contribution in [0.5, 0.6) is 11.5 Å². The second kappa shape index (κ2) is 4.14. The summed E-state index contributed by atoms with van der Waals surface area (Å²) in [4.78, 5) is 0.00848. The van der Waals surface area contributed by atoms with Crippen LogP contribution in [0.25, 0.3) is 0 Å². The van der Waals surface area contributed by atoms with Crippen LogP contribution in [-0.2, 0) is 9.05 Å². The molecule has 0 N–H and O–H groups in total. The monoisotopic (exact) mass is 262 g/mol. The summed E-state index contributed by atoms with van der Waals surface area (Å²) in [6, 6.07) is 4.33. The molecule has 1 aliphatic rings. The van der Waals surface area contributed by atoms with Crippen molar-refractivity contribution in [2.45, 2.75) is 23.8 Å². The smallest absolute Gasteiger partial charge is 0.261 e. The van der Waals surface area contributed by atoms with E-state index in [-0.39, 0.29) is 11.0 Å². The Morgan fingerprint density at radius 2 is 2.00 bits per heavy atom. The highest BCUT2D eigenvalue weighted by Crippen LogP contribution is 2.35. The van der Waals surface area contributed by atoms with Gasteiger partial charge in [0, 0.05) is 16.7 Å². The zero-order chi connectivity index (χ0) is 11.8. The molecule has 0 radical (unpaired) electrons. The number of halogens is 1. The van der Waals surface area contributed by atoms with Gasteiger partial charge in [0.25, 0.3) is 9.05 Å². The van der Waals surface area contributed by atoms with Gasteiger partial charge < -0.3 is 9.47 Å². The van der Waals surface area contributed by atoms with Crippen molar-refractivity contribution in [2.75, 3.05) is 7.11 Å². The van der Waals surface area contributed by atoms with Crippen molar-refractivity contribution in [1.29, 1.82) is 0 Å². The normalized spacial score (nSPS) is 15.9. The first-order chi connectivity index (χ1) is 7.50. The van der Waals surface area contributed by atoms with Gasteiger partial charge in [-0.3, -0.25) is 0 Å². The fourth-order valence-corrected chi connectivity index (χ4v) is 2.03. The van der Waals surface area contributed by atoms with E-state index in [9.17, 15) is 8.42 Å². The largest absolute Gasteiger partial charge is 0.493 e. The summed E-state index contributed by atoms with van der Waals surface area (Å²) in [5.41, 5.74) is 0. The third-order valence-corrected chi connectivity index (χ3v) is 3.59. The molecule has 2 rings (SSSR count). The minimum Gasteiger partial charge on any atom is -0.493 e. The minimum absolute atomic E-state index is 0.00848. The average Bonchev–Trinajstić information content (AvgIpc) is 3.00. The molecule has 1 aromatic rings. The lowest BCUT2D eigenvalue weighted by molar-refractivity contribution is 0.281. The summed E-state index contributed by atoms with van der Waals surface area (Å²) in [6.07, 6.45) is 2.28. The number of rotatable bonds is 4. The van der Waals surface area contributed by atoms with Gasteiger partial charge in [-0.1, -0.05) is 0 Å². The maximum atomic E-state index is 11.1. The predicted octanol–water partition coefficient (Wildman–Crippen LogP) is 2.16. The van der Waals surface area contributed by atoms with Gasteiger partial charge in [0.05, 0.1) is 18.1 Å². The molecule has 0 aromatic heterocycles. The number of hydrogen-bond donors (Lipinski definition) is 0. The zero-order valence-electron chi connectivity index (χ0n) is 8.64. The molecule has 0 bridgehead atoms. The summed E-state index contributed by atoms with van der Waals surface area (Å²) < 4.78 is 32.8. The van der Waals surface area contributed by atoms with E-state index in [0.717, 1.165) is 12.8 Å². The molecule has 4 nitrogen and oxygen atoms in total. The highest BCUT2D eigenvalue weighted by atomic mass is 35.7. The Labute approximate surface area is 98.5 Å². The van der Waals surface area contributed by atoms with Crippen LogP contribution in [0, 0.1) is 0 Å². The predicted molar refractivity (Wildman–Crippen MR) is 59.7 cm³/mol. The van der Waals surface area contributed by atoms with Crippen LogP contribution in [0.4, 0.5) is 0 Å². The van der Waals surface area contributed by atoms with Gasteiger partial charge in [-0.05, 0) is 25.0 Å². The van der Waals surface area contributed by atoms with E-state index < -0.39 is 9.05 Å². The lowest BCUT2D eigenvalue weighted by Gasteiger charge is -2.10. The zero-order valence-corrected chi connectivity index (χ0v) is 10.2. The van der Waals surface area contributed by atoms with Crippen molar-refractivity contribution in [3.63, 3.8) is 0 Å². The molecule has 0 saturated heterocycles. The Hall–Kier alpha value is -0.940. The molecule has 1 fully saturated rings. The summed E-state index contributed by atoms with van der Waals surface area (Å²) >= 11 is 0. The maximum Gasteiger partial charge on any atom is 0.261 e. The molecule has 0 unspecified atom stereocenters. The first-order valence-electron chi connectivity index (χ1n) is 4.80. The van der Waals surface area contributed by atoms with Crippen molar-refractivity contribution in [1.82, 2.24) is 0 Å². The van der Waals surface area contributed by atoms with E-state index in [1.54, 1.807) is 6.07 Å². The quantitative estimate of drug-likeness (QED) is 0.781. The average molecular weight is 263 g/mol. The van der Waals surface area contributed by atoms with E-state index in [0.29, 0.717) is 11.5 Å². The minimum atomic E-state index is -3.73. The van der Waals surface area contributed by atoms with E-state index >= 15 is 0 Å². The standard InChI is InChI=1S/C10H11ClO4S/c1-14-10-6-8(16(11,12)13)4-5-9(10)15-7-2-3-7/h4-7H,2-3H2,1H3. The Kier molecular flexibility index (Phi) is 2.99. The Morgan fingerprint density at radius 1 is 1.31 bits per heavy atom.